The van der Waals surface area contributed by atoms with Gasteiger partial charge >= 0.3 is 0 Å². The van der Waals surface area contributed by atoms with Crippen LogP contribution in [-0.2, 0) is 17.6 Å². The van der Waals surface area contributed by atoms with E-state index >= 15 is 0 Å². The number of aromatic hydroxyl groups is 1. The van der Waals surface area contributed by atoms with Crippen molar-refractivity contribution in [3.8, 4) is 5.75 Å². The highest BCUT2D eigenvalue weighted by molar-refractivity contribution is 5.79. The number of aliphatic hydroxyl groups excluding tert-OH is 1. The Kier molecular flexibility index (Phi) is 6.16. The Hall–Kier alpha value is -2.13. The SMILES string of the molecule is O=C(CCc1ccccc1)CC(O)CCc1ccc(O)cc1. The summed E-state index contributed by atoms with van der Waals surface area (Å²) >= 11 is 0. The molecule has 0 radical (unpaired) electrons. The summed E-state index contributed by atoms with van der Waals surface area (Å²) in [6.45, 7) is 0. The van der Waals surface area contributed by atoms with Crippen LogP contribution in [0.25, 0.3) is 0 Å². The molecule has 2 rings (SSSR count). The molecule has 0 bridgehead atoms. The fraction of sp³-hybridized carbons (Fsp3) is 0.316. The summed E-state index contributed by atoms with van der Waals surface area (Å²) in [5.41, 5.74) is 2.20. The van der Waals surface area contributed by atoms with Crippen molar-refractivity contribution in [2.24, 2.45) is 0 Å². The molecule has 0 fully saturated rings. The van der Waals surface area contributed by atoms with E-state index in [-0.39, 0.29) is 18.0 Å². The molecule has 0 amide bonds. The first-order valence-electron chi connectivity index (χ1n) is 7.65. The molecule has 3 nitrogen and oxygen atoms in total. The number of carbonyl (C=O) groups is 1. The Balaban J connectivity index is 1.68. The van der Waals surface area contributed by atoms with Gasteiger partial charge in [-0.05, 0) is 42.5 Å². The third-order valence-corrected chi connectivity index (χ3v) is 3.70. The molecule has 116 valence electrons. The lowest BCUT2D eigenvalue weighted by molar-refractivity contribution is -0.120. The Bertz CT molecular complexity index is 575. The van der Waals surface area contributed by atoms with E-state index in [4.69, 9.17) is 0 Å². The van der Waals surface area contributed by atoms with Crippen molar-refractivity contribution in [3.63, 3.8) is 0 Å². The van der Waals surface area contributed by atoms with Crippen LogP contribution in [0.4, 0.5) is 0 Å². The van der Waals surface area contributed by atoms with Gasteiger partial charge < -0.3 is 10.2 Å². The van der Waals surface area contributed by atoms with Gasteiger partial charge in [0.05, 0.1) is 6.10 Å². The van der Waals surface area contributed by atoms with Crippen LogP contribution in [0.3, 0.4) is 0 Å². The molecular formula is C19H22O3. The van der Waals surface area contributed by atoms with Crippen molar-refractivity contribution >= 4 is 5.78 Å². The summed E-state index contributed by atoms with van der Waals surface area (Å²) in [5, 5.41) is 19.2. The van der Waals surface area contributed by atoms with Gasteiger partial charge in [0.25, 0.3) is 0 Å². The second-order valence-electron chi connectivity index (χ2n) is 5.59. The minimum Gasteiger partial charge on any atom is -0.508 e. The number of aryl methyl sites for hydroxylation is 2. The van der Waals surface area contributed by atoms with E-state index < -0.39 is 6.10 Å². The number of rotatable bonds is 8. The van der Waals surface area contributed by atoms with Gasteiger partial charge in [-0.15, -0.1) is 0 Å². The average Bonchev–Trinajstić information content (AvgIpc) is 2.53. The minimum absolute atomic E-state index is 0.0991. The van der Waals surface area contributed by atoms with E-state index in [0.717, 1.165) is 17.5 Å². The summed E-state index contributed by atoms with van der Waals surface area (Å²) < 4.78 is 0. The van der Waals surface area contributed by atoms with Crippen LogP contribution in [0.15, 0.2) is 54.6 Å². The van der Waals surface area contributed by atoms with Gasteiger partial charge in [-0.1, -0.05) is 42.5 Å². The molecule has 2 aromatic rings. The summed E-state index contributed by atoms with van der Waals surface area (Å²) in [7, 11) is 0. The highest BCUT2D eigenvalue weighted by atomic mass is 16.3. The topological polar surface area (TPSA) is 57.5 Å². The molecule has 0 saturated carbocycles. The van der Waals surface area contributed by atoms with E-state index in [1.165, 1.54) is 0 Å². The number of phenols is 1. The summed E-state index contributed by atoms with van der Waals surface area (Å²) in [4.78, 5) is 11.9. The van der Waals surface area contributed by atoms with Crippen molar-refractivity contribution in [1.29, 1.82) is 0 Å². The van der Waals surface area contributed by atoms with E-state index in [9.17, 15) is 15.0 Å². The Morgan fingerprint density at radius 3 is 2.23 bits per heavy atom. The van der Waals surface area contributed by atoms with Gasteiger partial charge in [0, 0.05) is 12.8 Å². The second-order valence-corrected chi connectivity index (χ2v) is 5.59. The monoisotopic (exact) mass is 298 g/mol. The van der Waals surface area contributed by atoms with Crippen LogP contribution in [0, 0.1) is 0 Å². The minimum atomic E-state index is -0.600. The van der Waals surface area contributed by atoms with Crippen molar-refractivity contribution < 1.29 is 15.0 Å². The molecular weight excluding hydrogens is 276 g/mol. The van der Waals surface area contributed by atoms with Crippen LogP contribution < -0.4 is 0 Å². The largest absolute Gasteiger partial charge is 0.508 e. The van der Waals surface area contributed by atoms with Crippen LogP contribution in [0.1, 0.15) is 30.4 Å². The van der Waals surface area contributed by atoms with Gasteiger partial charge in [0.1, 0.15) is 11.5 Å². The quantitative estimate of drug-likeness (QED) is 0.786. The van der Waals surface area contributed by atoms with Crippen LogP contribution in [0.2, 0.25) is 0 Å². The summed E-state index contributed by atoms with van der Waals surface area (Å²) in [6, 6.07) is 16.8. The van der Waals surface area contributed by atoms with Gasteiger partial charge in [-0.2, -0.15) is 0 Å². The average molecular weight is 298 g/mol. The zero-order chi connectivity index (χ0) is 15.8. The van der Waals surface area contributed by atoms with Gasteiger partial charge in [0.15, 0.2) is 0 Å². The van der Waals surface area contributed by atoms with Crippen molar-refractivity contribution in [1.82, 2.24) is 0 Å². The number of hydrogen-bond acceptors (Lipinski definition) is 3. The molecule has 22 heavy (non-hydrogen) atoms. The number of hydrogen-bond donors (Lipinski definition) is 2. The molecule has 0 aliphatic carbocycles. The lowest BCUT2D eigenvalue weighted by Gasteiger charge is -2.10. The molecule has 0 aliphatic heterocycles. The first kappa shape index (κ1) is 16.2. The lowest BCUT2D eigenvalue weighted by Crippen LogP contribution is -2.14. The zero-order valence-corrected chi connectivity index (χ0v) is 12.6. The summed E-state index contributed by atoms with van der Waals surface area (Å²) in [5.74, 6) is 0.336. The predicted molar refractivity (Wildman–Crippen MR) is 86.8 cm³/mol. The predicted octanol–water partition coefficient (Wildman–Crippen LogP) is 3.28. The molecule has 1 atom stereocenters. The van der Waals surface area contributed by atoms with E-state index in [1.807, 2.05) is 42.5 Å². The molecule has 0 saturated heterocycles. The van der Waals surface area contributed by atoms with Crippen molar-refractivity contribution in [3.05, 3.63) is 65.7 Å². The molecule has 0 heterocycles. The second kappa shape index (κ2) is 8.35. The van der Waals surface area contributed by atoms with E-state index in [2.05, 4.69) is 0 Å². The Labute approximate surface area is 131 Å². The number of carbonyl (C=O) groups excluding carboxylic acids is 1. The number of phenolic OH excluding ortho intramolecular Hbond substituents is 1. The normalized spacial score (nSPS) is 12.0. The maximum atomic E-state index is 11.9. The van der Waals surface area contributed by atoms with Crippen molar-refractivity contribution in [2.45, 2.75) is 38.2 Å². The molecule has 2 N–H and O–H groups in total. The van der Waals surface area contributed by atoms with Crippen LogP contribution in [-0.4, -0.2) is 22.1 Å². The maximum absolute atomic E-state index is 11.9. The first-order valence-corrected chi connectivity index (χ1v) is 7.65. The fourth-order valence-corrected chi connectivity index (χ4v) is 2.39. The number of benzene rings is 2. The van der Waals surface area contributed by atoms with E-state index in [1.54, 1.807) is 12.1 Å². The third-order valence-electron chi connectivity index (χ3n) is 3.70. The summed E-state index contributed by atoms with van der Waals surface area (Å²) in [6.07, 6.45) is 2.07. The molecule has 1 unspecified atom stereocenters. The Morgan fingerprint density at radius 2 is 1.55 bits per heavy atom. The van der Waals surface area contributed by atoms with Gasteiger partial charge in [0.2, 0.25) is 0 Å². The van der Waals surface area contributed by atoms with Gasteiger partial charge in [-0.25, -0.2) is 0 Å². The van der Waals surface area contributed by atoms with Gasteiger partial charge in [-0.3, -0.25) is 4.79 Å². The van der Waals surface area contributed by atoms with Crippen LogP contribution >= 0.6 is 0 Å². The highest BCUT2D eigenvalue weighted by Crippen LogP contribution is 2.13. The van der Waals surface area contributed by atoms with Crippen LogP contribution in [0.5, 0.6) is 5.75 Å². The van der Waals surface area contributed by atoms with E-state index in [0.29, 0.717) is 19.3 Å². The molecule has 0 aliphatic rings. The van der Waals surface area contributed by atoms with Crippen molar-refractivity contribution in [2.75, 3.05) is 0 Å². The third kappa shape index (κ3) is 5.70. The molecule has 0 aromatic heterocycles. The number of aliphatic hydroxyl groups is 1. The molecule has 0 spiro atoms. The highest BCUT2D eigenvalue weighted by Gasteiger charge is 2.11. The zero-order valence-electron chi connectivity index (χ0n) is 12.6. The first-order chi connectivity index (χ1) is 10.6. The smallest absolute Gasteiger partial charge is 0.135 e. The Morgan fingerprint density at radius 1 is 0.909 bits per heavy atom. The maximum Gasteiger partial charge on any atom is 0.135 e. The number of Topliss-reactive ketones (excluding diaryl/α,β-unsaturated/α-hetero) is 1. The molecule has 3 heteroatoms. The fourth-order valence-electron chi connectivity index (χ4n) is 2.39. The number of ketones is 1. The molecule has 2 aromatic carbocycles. The lowest BCUT2D eigenvalue weighted by atomic mass is 10.0. The standard InChI is InChI=1S/C19H22O3/c20-17-10-6-16(7-11-17)9-13-19(22)14-18(21)12-8-15-4-2-1-3-5-15/h1-7,10-11,19-20,22H,8-9,12-14H2.